The lowest BCUT2D eigenvalue weighted by Crippen LogP contribution is -2.49. The number of carboxylic acids is 1. The van der Waals surface area contributed by atoms with E-state index in [1.807, 2.05) is 74.5 Å². The molecule has 0 saturated carbocycles. The molecule has 2 atom stereocenters. The van der Waals surface area contributed by atoms with Crippen LogP contribution in [0.1, 0.15) is 31.4 Å². The Bertz CT molecular complexity index is 766. The zero-order valence-electron chi connectivity index (χ0n) is 17.3. The summed E-state index contributed by atoms with van der Waals surface area (Å²) in [6, 6.07) is 18.0. The van der Waals surface area contributed by atoms with Gasteiger partial charge in [0.15, 0.2) is 6.10 Å². The Morgan fingerprint density at radius 1 is 0.933 bits per heavy atom. The standard InChI is InChI=1S/C23H29NO6/c1-17(2)13-20(24-23(27)29-15-19-11-7-4-8-12-19)21(22(25)26)30-16-28-14-18-9-5-3-6-10-18/h3-12,17,20-21H,13-16H2,1-2H3,(H,24,27)(H,25,26)/t20-,21+/m0/s1. The van der Waals surface area contributed by atoms with Gasteiger partial charge in [0.2, 0.25) is 0 Å². The lowest BCUT2D eigenvalue weighted by atomic mass is 9.99. The fourth-order valence-corrected chi connectivity index (χ4v) is 2.90. The quantitative estimate of drug-likeness (QED) is 0.402. The summed E-state index contributed by atoms with van der Waals surface area (Å²) >= 11 is 0. The minimum atomic E-state index is -1.26. The van der Waals surface area contributed by atoms with E-state index in [4.69, 9.17) is 14.2 Å². The maximum Gasteiger partial charge on any atom is 0.407 e. The molecule has 0 fully saturated rings. The number of aliphatic carboxylic acids is 1. The van der Waals surface area contributed by atoms with Crippen LogP contribution in [0.4, 0.5) is 4.79 Å². The van der Waals surface area contributed by atoms with Gasteiger partial charge in [-0.05, 0) is 23.5 Å². The fourth-order valence-electron chi connectivity index (χ4n) is 2.90. The number of hydrogen-bond donors (Lipinski definition) is 2. The Morgan fingerprint density at radius 3 is 2.03 bits per heavy atom. The van der Waals surface area contributed by atoms with Crippen molar-refractivity contribution in [1.29, 1.82) is 0 Å². The summed E-state index contributed by atoms with van der Waals surface area (Å²) in [4.78, 5) is 24.0. The normalized spacial score (nSPS) is 12.9. The second-order valence-corrected chi connectivity index (χ2v) is 7.32. The molecule has 0 spiro atoms. The molecule has 2 rings (SSSR count). The van der Waals surface area contributed by atoms with Crippen LogP contribution < -0.4 is 5.32 Å². The van der Waals surface area contributed by atoms with Crippen molar-refractivity contribution in [2.24, 2.45) is 5.92 Å². The molecule has 0 heterocycles. The van der Waals surface area contributed by atoms with Crippen molar-refractivity contribution >= 4 is 12.1 Å². The van der Waals surface area contributed by atoms with Gasteiger partial charge in [-0.2, -0.15) is 0 Å². The predicted octanol–water partition coefficient (Wildman–Crippen LogP) is 3.97. The molecule has 0 aliphatic carbocycles. The molecule has 2 aromatic carbocycles. The summed E-state index contributed by atoms with van der Waals surface area (Å²) in [6.45, 7) is 4.07. The minimum Gasteiger partial charge on any atom is -0.479 e. The largest absolute Gasteiger partial charge is 0.479 e. The Labute approximate surface area is 177 Å². The maximum atomic E-state index is 12.2. The van der Waals surface area contributed by atoms with Crippen LogP contribution in [0.25, 0.3) is 0 Å². The molecule has 0 bridgehead atoms. The Kier molecular flexibility index (Phi) is 9.83. The van der Waals surface area contributed by atoms with Crippen LogP contribution in [0.3, 0.4) is 0 Å². The SMILES string of the molecule is CC(C)C[C@H](NC(=O)OCc1ccccc1)[C@@H](OCOCc1ccccc1)C(=O)O. The van der Waals surface area contributed by atoms with E-state index in [0.29, 0.717) is 13.0 Å². The third-order valence-corrected chi connectivity index (χ3v) is 4.29. The Balaban J connectivity index is 1.89. The van der Waals surface area contributed by atoms with Crippen LogP contribution in [0, 0.1) is 5.92 Å². The van der Waals surface area contributed by atoms with Gasteiger partial charge in [-0.15, -0.1) is 0 Å². The first-order valence-electron chi connectivity index (χ1n) is 9.89. The molecule has 7 nitrogen and oxygen atoms in total. The van der Waals surface area contributed by atoms with Gasteiger partial charge in [0.25, 0.3) is 0 Å². The average molecular weight is 415 g/mol. The summed E-state index contributed by atoms with van der Waals surface area (Å²) in [7, 11) is 0. The second-order valence-electron chi connectivity index (χ2n) is 7.32. The third kappa shape index (κ3) is 8.63. The number of carbonyl (C=O) groups is 2. The highest BCUT2D eigenvalue weighted by atomic mass is 16.7. The number of rotatable bonds is 12. The molecule has 0 saturated heterocycles. The lowest BCUT2D eigenvalue weighted by molar-refractivity contribution is -0.165. The number of carbonyl (C=O) groups excluding carboxylic acids is 1. The van der Waals surface area contributed by atoms with E-state index in [1.54, 1.807) is 0 Å². The molecular formula is C23H29NO6. The van der Waals surface area contributed by atoms with Crippen LogP contribution >= 0.6 is 0 Å². The van der Waals surface area contributed by atoms with Crippen LogP contribution in [0.5, 0.6) is 0 Å². The second kappa shape index (κ2) is 12.6. The van der Waals surface area contributed by atoms with Crippen LogP contribution in [0.2, 0.25) is 0 Å². The van der Waals surface area contributed by atoms with Gasteiger partial charge in [-0.1, -0.05) is 74.5 Å². The molecule has 0 unspecified atom stereocenters. The van der Waals surface area contributed by atoms with Gasteiger partial charge in [0.05, 0.1) is 12.6 Å². The van der Waals surface area contributed by atoms with Gasteiger partial charge in [-0.25, -0.2) is 9.59 Å². The van der Waals surface area contributed by atoms with Crippen molar-refractivity contribution in [2.75, 3.05) is 6.79 Å². The number of carboxylic acid groups (broad SMARTS) is 1. The number of nitrogens with one attached hydrogen (secondary N) is 1. The zero-order chi connectivity index (χ0) is 21.8. The van der Waals surface area contributed by atoms with E-state index in [-0.39, 0.29) is 19.3 Å². The van der Waals surface area contributed by atoms with E-state index in [2.05, 4.69) is 5.32 Å². The number of alkyl carbamates (subject to hydrolysis) is 1. The van der Waals surface area contributed by atoms with E-state index < -0.39 is 24.2 Å². The van der Waals surface area contributed by atoms with Crippen molar-refractivity contribution in [3.8, 4) is 0 Å². The Hall–Kier alpha value is -2.90. The van der Waals surface area contributed by atoms with Gasteiger partial charge in [-0.3, -0.25) is 0 Å². The monoisotopic (exact) mass is 415 g/mol. The molecule has 0 aliphatic heterocycles. The van der Waals surface area contributed by atoms with Crippen molar-refractivity contribution in [3.05, 3.63) is 71.8 Å². The van der Waals surface area contributed by atoms with Gasteiger partial charge in [0, 0.05) is 0 Å². The summed E-state index contributed by atoms with van der Waals surface area (Å²) in [5.41, 5.74) is 1.79. The fraction of sp³-hybridized carbons (Fsp3) is 0.391. The summed E-state index contributed by atoms with van der Waals surface area (Å²) in [6.07, 6.45) is -1.53. The highest BCUT2D eigenvalue weighted by Gasteiger charge is 2.31. The molecule has 0 radical (unpaired) electrons. The summed E-state index contributed by atoms with van der Waals surface area (Å²) in [5, 5.41) is 12.3. The summed E-state index contributed by atoms with van der Waals surface area (Å²) < 4.78 is 16.1. The first kappa shape index (κ1) is 23.4. The van der Waals surface area contributed by atoms with Crippen molar-refractivity contribution in [2.45, 2.75) is 45.6 Å². The first-order valence-corrected chi connectivity index (χ1v) is 9.89. The molecule has 162 valence electrons. The number of ether oxygens (including phenoxy) is 3. The molecule has 7 heteroatoms. The van der Waals surface area contributed by atoms with Gasteiger partial charge < -0.3 is 24.6 Å². The molecule has 0 aromatic heterocycles. The predicted molar refractivity (Wildman–Crippen MR) is 112 cm³/mol. The highest BCUT2D eigenvalue weighted by Crippen LogP contribution is 2.13. The van der Waals surface area contributed by atoms with Crippen LogP contribution in [-0.2, 0) is 32.2 Å². The van der Waals surface area contributed by atoms with Crippen LogP contribution in [0.15, 0.2) is 60.7 Å². The van der Waals surface area contributed by atoms with Crippen molar-refractivity contribution < 1.29 is 28.9 Å². The first-order chi connectivity index (χ1) is 14.5. The third-order valence-electron chi connectivity index (χ3n) is 4.29. The number of amides is 1. The van der Waals surface area contributed by atoms with Gasteiger partial charge in [0.1, 0.15) is 13.4 Å². The molecular weight excluding hydrogens is 386 g/mol. The smallest absolute Gasteiger partial charge is 0.407 e. The van der Waals surface area contributed by atoms with E-state index >= 15 is 0 Å². The molecule has 2 aromatic rings. The lowest BCUT2D eigenvalue weighted by Gasteiger charge is -2.26. The van der Waals surface area contributed by atoms with E-state index in [1.165, 1.54) is 0 Å². The topological polar surface area (TPSA) is 94.1 Å². The number of benzene rings is 2. The van der Waals surface area contributed by atoms with E-state index in [9.17, 15) is 14.7 Å². The molecule has 30 heavy (non-hydrogen) atoms. The van der Waals surface area contributed by atoms with Crippen molar-refractivity contribution in [3.63, 3.8) is 0 Å². The number of hydrogen-bond acceptors (Lipinski definition) is 5. The Morgan fingerprint density at radius 2 is 1.50 bits per heavy atom. The summed E-state index contributed by atoms with van der Waals surface area (Å²) in [5.74, 6) is -1.03. The van der Waals surface area contributed by atoms with Gasteiger partial charge >= 0.3 is 12.1 Å². The highest BCUT2D eigenvalue weighted by molar-refractivity contribution is 5.75. The average Bonchev–Trinajstić information content (AvgIpc) is 2.72. The maximum absolute atomic E-state index is 12.2. The van der Waals surface area contributed by atoms with E-state index in [0.717, 1.165) is 11.1 Å². The van der Waals surface area contributed by atoms with Crippen molar-refractivity contribution in [1.82, 2.24) is 5.32 Å². The zero-order valence-corrected chi connectivity index (χ0v) is 17.3. The molecule has 0 aliphatic rings. The van der Waals surface area contributed by atoms with Crippen LogP contribution in [-0.4, -0.2) is 36.1 Å². The molecule has 2 N–H and O–H groups in total. The minimum absolute atomic E-state index is 0.0971. The molecule has 1 amide bonds.